The number of alkyl halides is 3. The molecule has 1 N–H and O–H groups in total. The van der Waals surface area contributed by atoms with Crippen LogP contribution in [-0.2, 0) is 5.54 Å². The second-order valence-electron chi connectivity index (χ2n) is 8.00. The molecule has 0 saturated carbocycles. The number of halogens is 5. The molecule has 3 aromatic rings. The smallest absolute Gasteiger partial charge is 0.301 e. The van der Waals surface area contributed by atoms with Crippen LogP contribution in [0.2, 0.25) is 5.02 Å². The standard InChI is InChI=1S/C25H21ClF4N2O/c1-15(25(28,29)30)21-12-18(13-22(32-21)17-9-10-20(27)19(26)11-17)24(2,3)31-14-23(33)16-7-5-4-6-8-16/h4-13,31H,1,14H2,2-3H3. The highest BCUT2D eigenvalue weighted by Crippen LogP contribution is 2.35. The van der Waals surface area contributed by atoms with E-state index in [1.54, 1.807) is 50.2 Å². The number of nitrogens with one attached hydrogen (secondary N) is 1. The van der Waals surface area contributed by atoms with Crippen LogP contribution in [0, 0.1) is 5.82 Å². The Morgan fingerprint density at radius 1 is 1.06 bits per heavy atom. The predicted octanol–water partition coefficient (Wildman–Crippen LogP) is 6.82. The molecule has 0 unspecified atom stereocenters. The predicted molar refractivity (Wildman–Crippen MR) is 122 cm³/mol. The van der Waals surface area contributed by atoms with Crippen LogP contribution in [0.15, 0.2) is 67.2 Å². The zero-order valence-electron chi connectivity index (χ0n) is 17.9. The second-order valence-corrected chi connectivity index (χ2v) is 8.41. The van der Waals surface area contributed by atoms with Crippen molar-refractivity contribution in [2.75, 3.05) is 6.54 Å². The highest BCUT2D eigenvalue weighted by Gasteiger charge is 2.35. The van der Waals surface area contributed by atoms with Crippen molar-refractivity contribution in [2.45, 2.75) is 25.6 Å². The summed E-state index contributed by atoms with van der Waals surface area (Å²) >= 11 is 5.86. The number of nitrogens with zero attached hydrogens (tertiary/aromatic N) is 1. The fourth-order valence-corrected chi connectivity index (χ4v) is 3.30. The normalized spacial score (nSPS) is 12.0. The van der Waals surface area contributed by atoms with Gasteiger partial charge >= 0.3 is 6.18 Å². The fourth-order valence-electron chi connectivity index (χ4n) is 3.12. The number of carbonyl (C=O) groups excluding carboxylic acids is 1. The number of aromatic nitrogens is 1. The summed E-state index contributed by atoms with van der Waals surface area (Å²) in [5.74, 6) is -0.818. The molecule has 0 saturated heterocycles. The largest absolute Gasteiger partial charge is 0.417 e. The van der Waals surface area contributed by atoms with E-state index < -0.39 is 23.1 Å². The van der Waals surface area contributed by atoms with Gasteiger partial charge in [-0.3, -0.25) is 4.79 Å². The molecular weight excluding hydrogens is 456 g/mol. The van der Waals surface area contributed by atoms with Crippen LogP contribution in [0.1, 0.15) is 35.5 Å². The van der Waals surface area contributed by atoms with Gasteiger partial charge in [-0.25, -0.2) is 9.37 Å². The van der Waals surface area contributed by atoms with Gasteiger partial charge in [0, 0.05) is 16.7 Å². The Morgan fingerprint density at radius 2 is 1.73 bits per heavy atom. The van der Waals surface area contributed by atoms with Crippen molar-refractivity contribution in [3.05, 3.63) is 94.9 Å². The number of benzene rings is 2. The van der Waals surface area contributed by atoms with Crippen molar-refractivity contribution in [3.8, 4) is 11.3 Å². The maximum atomic E-state index is 13.6. The van der Waals surface area contributed by atoms with Gasteiger partial charge in [-0.05, 0) is 49.7 Å². The number of carbonyl (C=O) groups is 1. The van der Waals surface area contributed by atoms with Crippen LogP contribution in [-0.4, -0.2) is 23.5 Å². The number of allylic oxidation sites excluding steroid dienone is 1. The molecule has 0 spiro atoms. The average molecular weight is 477 g/mol. The first-order chi connectivity index (χ1) is 15.4. The Balaban J connectivity index is 2.00. The minimum atomic E-state index is -4.69. The molecule has 0 fully saturated rings. The van der Waals surface area contributed by atoms with E-state index in [1.807, 2.05) is 0 Å². The fraction of sp³-hybridized carbons (Fsp3) is 0.200. The van der Waals surface area contributed by atoms with Crippen molar-refractivity contribution in [1.29, 1.82) is 0 Å². The third-order valence-electron chi connectivity index (χ3n) is 5.20. The maximum Gasteiger partial charge on any atom is 0.417 e. The number of pyridine rings is 1. The lowest BCUT2D eigenvalue weighted by atomic mass is 9.91. The van der Waals surface area contributed by atoms with E-state index in [2.05, 4.69) is 16.9 Å². The summed E-state index contributed by atoms with van der Waals surface area (Å²) in [6, 6.07) is 15.3. The summed E-state index contributed by atoms with van der Waals surface area (Å²) in [6.45, 7) is 6.59. The van der Waals surface area contributed by atoms with Crippen molar-refractivity contribution in [1.82, 2.24) is 10.3 Å². The lowest BCUT2D eigenvalue weighted by Crippen LogP contribution is -2.40. The summed E-state index contributed by atoms with van der Waals surface area (Å²) in [5.41, 5.74) is -0.936. The molecule has 0 radical (unpaired) electrons. The third kappa shape index (κ3) is 5.86. The van der Waals surface area contributed by atoms with E-state index in [0.717, 1.165) is 6.07 Å². The van der Waals surface area contributed by atoms with Gasteiger partial charge in [0.05, 0.1) is 28.5 Å². The molecule has 0 amide bonds. The van der Waals surface area contributed by atoms with Crippen molar-refractivity contribution in [2.24, 2.45) is 0 Å². The van der Waals surface area contributed by atoms with Crippen LogP contribution in [0.5, 0.6) is 0 Å². The Labute approximate surface area is 194 Å². The molecule has 2 aromatic carbocycles. The first kappa shape index (κ1) is 24.6. The summed E-state index contributed by atoms with van der Waals surface area (Å²) in [6.07, 6.45) is -4.69. The Kier molecular flexibility index (Phi) is 7.05. The van der Waals surface area contributed by atoms with E-state index >= 15 is 0 Å². The average Bonchev–Trinajstić information content (AvgIpc) is 2.78. The zero-order valence-corrected chi connectivity index (χ0v) is 18.7. The minimum Gasteiger partial charge on any atom is -0.301 e. The lowest BCUT2D eigenvalue weighted by molar-refractivity contribution is -0.0689. The molecule has 0 aliphatic rings. The van der Waals surface area contributed by atoms with Crippen LogP contribution in [0.3, 0.4) is 0 Å². The molecule has 1 aromatic heterocycles. The molecular formula is C25H21ClF4N2O. The zero-order chi connectivity index (χ0) is 24.4. The van der Waals surface area contributed by atoms with Crippen LogP contribution in [0.25, 0.3) is 16.8 Å². The number of ketones is 1. The first-order valence-electron chi connectivity index (χ1n) is 9.96. The van der Waals surface area contributed by atoms with E-state index in [-0.39, 0.29) is 28.7 Å². The minimum absolute atomic E-state index is 0.0351. The molecule has 33 heavy (non-hydrogen) atoms. The molecule has 1 heterocycles. The van der Waals surface area contributed by atoms with E-state index in [0.29, 0.717) is 16.7 Å². The lowest BCUT2D eigenvalue weighted by Gasteiger charge is -2.28. The van der Waals surface area contributed by atoms with Crippen LogP contribution < -0.4 is 5.32 Å². The summed E-state index contributed by atoms with van der Waals surface area (Å²) in [5, 5.41) is 2.92. The quantitative estimate of drug-likeness (QED) is 0.300. The summed E-state index contributed by atoms with van der Waals surface area (Å²) in [7, 11) is 0. The van der Waals surface area contributed by atoms with Gasteiger partial charge in [-0.1, -0.05) is 48.5 Å². The molecule has 3 rings (SSSR count). The number of Topliss-reactive ketones (excluding diaryl/α,β-unsaturated/α-hetero) is 1. The summed E-state index contributed by atoms with van der Waals surface area (Å²) < 4.78 is 53.8. The number of hydrogen-bond donors (Lipinski definition) is 1. The van der Waals surface area contributed by atoms with Gasteiger partial charge in [-0.15, -0.1) is 0 Å². The Hall–Kier alpha value is -3.03. The van der Waals surface area contributed by atoms with Gasteiger partial charge in [-0.2, -0.15) is 13.2 Å². The molecule has 0 atom stereocenters. The van der Waals surface area contributed by atoms with Gasteiger partial charge in [0.15, 0.2) is 5.78 Å². The van der Waals surface area contributed by atoms with E-state index in [4.69, 9.17) is 11.6 Å². The third-order valence-corrected chi connectivity index (χ3v) is 5.49. The highest BCUT2D eigenvalue weighted by atomic mass is 35.5. The monoisotopic (exact) mass is 476 g/mol. The van der Waals surface area contributed by atoms with E-state index in [1.165, 1.54) is 18.2 Å². The molecule has 3 nitrogen and oxygen atoms in total. The molecule has 172 valence electrons. The molecule has 0 aliphatic carbocycles. The van der Waals surface area contributed by atoms with Crippen molar-refractivity contribution in [3.63, 3.8) is 0 Å². The highest BCUT2D eigenvalue weighted by molar-refractivity contribution is 6.31. The van der Waals surface area contributed by atoms with Crippen molar-refractivity contribution >= 4 is 23.0 Å². The van der Waals surface area contributed by atoms with E-state index in [9.17, 15) is 22.4 Å². The first-order valence-corrected chi connectivity index (χ1v) is 10.3. The van der Waals surface area contributed by atoms with Crippen molar-refractivity contribution < 1.29 is 22.4 Å². The van der Waals surface area contributed by atoms with Crippen LogP contribution >= 0.6 is 11.6 Å². The SMILES string of the molecule is C=C(c1cc(C(C)(C)NCC(=O)c2ccccc2)cc(-c2ccc(F)c(Cl)c2)n1)C(F)(F)F. The molecule has 0 aliphatic heterocycles. The Morgan fingerprint density at radius 3 is 2.33 bits per heavy atom. The molecule has 8 heteroatoms. The Bertz CT molecular complexity index is 1190. The van der Waals surface area contributed by atoms with Gasteiger partial charge in [0.2, 0.25) is 0 Å². The number of rotatable bonds is 7. The molecule has 0 bridgehead atoms. The number of hydrogen-bond acceptors (Lipinski definition) is 3. The van der Waals surface area contributed by atoms with Gasteiger partial charge in [0.25, 0.3) is 0 Å². The topological polar surface area (TPSA) is 42.0 Å². The maximum absolute atomic E-state index is 13.6. The van der Waals surface area contributed by atoms with Gasteiger partial charge < -0.3 is 5.32 Å². The van der Waals surface area contributed by atoms with Crippen LogP contribution in [0.4, 0.5) is 17.6 Å². The van der Waals surface area contributed by atoms with Gasteiger partial charge in [0.1, 0.15) is 5.82 Å². The summed E-state index contributed by atoms with van der Waals surface area (Å²) in [4.78, 5) is 16.6. The second kappa shape index (κ2) is 9.45.